The summed E-state index contributed by atoms with van der Waals surface area (Å²) in [6.07, 6.45) is 6.23. The number of rotatable bonds is 13. The SMILES string of the molecule is CCCCCC[C@H]1OC[C@@H](C)NC(=O)[C@H](C(OC)C2CO2)NC(=O)[C@H](CNC(=O)OC(C)(C)C)NC(=O)[C@H](C2CCCCC2)NC(=O)[C@H](CC(C)C)N(C)C(=O)[C@@H]1C. The lowest BCUT2D eigenvalue weighted by Crippen LogP contribution is -2.64. The van der Waals surface area contributed by atoms with Crippen LogP contribution in [0.25, 0.3) is 0 Å². The number of nitrogens with one attached hydrogen (secondary N) is 5. The van der Waals surface area contributed by atoms with Crippen LogP contribution >= 0.6 is 0 Å². The zero-order valence-electron chi connectivity index (χ0n) is 36.8. The summed E-state index contributed by atoms with van der Waals surface area (Å²) >= 11 is 0. The molecule has 3 rings (SSSR count). The number of epoxide rings is 1. The number of hydrogen-bond acceptors (Lipinski definition) is 10. The van der Waals surface area contributed by atoms with Crippen LogP contribution in [0.2, 0.25) is 0 Å². The summed E-state index contributed by atoms with van der Waals surface area (Å²) in [4.78, 5) is 85.8. The van der Waals surface area contributed by atoms with E-state index in [2.05, 4.69) is 33.5 Å². The molecule has 9 atom stereocenters. The molecule has 16 nitrogen and oxygen atoms in total. The van der Waals surface area contributed by atoms with Gasteiger partial charge in [0, 0.05) is 20.2 Å². The number of hydrogen-bond donors (Lipinski definition) is 5. The van der Waals surface area contributed by atoms with Crippen molar-refractivity contribution in [3.63, 3.8) is 0 Å². The van der Waals surface area contributed by atoms with Crippen LogP contribution in [-0.4, -0.2) is 129 Å². The van der Waals surface area contributed by atoms with Gasteiger partial charge in [-0.3, -0.25) is 24.0 Å². The van der Waals surface area contributed by atoms with Gasteiger partial charge in [-0.2, -0.15) is 0 Å². The summed E-state index contributed by atoms with van der Waals surface area (Å²) in [7, 11) is 3.04. The number of nitrogens with zero attached hydrogens (tertiary/aromatic N) is 1. The highest BCUT2D eigenvalue weighted by atomic mass is 16.6. The second kappa shape index (κ2) is 23.3. The quantitative estimate of drug-likeness (QED) is 0.135. The van der Waals surface area contributed by atoms with Gasteiger partial charge < -0.3 is 50.4 Å². The van der Waals surface area contributed by atoms with Gasteiger partial charge in [-0.1, -0.05) is 72.6 Å². The molecule has 3 fully saturated rings. The molecular weight excluding hydrogens is 748 g/mol. The zero-order valence-corrected chi connectivity index (χ0v) is 36.8. The van der Waals surface area contributed by atoms with Crippen molar-refractivity contribution in [2.24, 2.45) is 17.8 Å². The second-order valence-electron chi connectivity index (χ2n) is 17.9. The fourth-order valence-corrected chi connectivity index (χ4v) is 7.80. The molecule has 2 unspecified atom stereocenters. The minimum atomic E-state index is -1.40. The van der Waals surface area contributed by atoms with Crippen molar-refractivity contribution < 1.29 is 47.7 Å². The molecule has 1 aliphatic carbocycles. The number of ether oxygens (including phenoxy) is 4. The van der Waals surface area contributed by atoms with E-state index in [0.29, 0.717) is 32.3 Å². The van der Waals surface area contributed by atoms with E-state index in [0.717, 1.165) is 44.9 Å². The highest BCUT2D eigenvalue weighted by molar-refractivity contribution is 5.96. The maximum Gasteiger partial charge on any atom is 0.407 e. The molecule has 0 radical (unpaired) electrons. The first kappa shape index (κ1) is 48.9. The standard InChI is InChI=1S/C42H74N6O10/c1-11-12-13-17-20-31-27(5)40(53)48(9)30(21-25(2)3)37(50)46-33(28-18-15-14-16-19-28)38(51)45-29(22-43-41(54)58-42(6,7)8)36(49)47-34(35(55-10)32-24-57-32)39(52)44-26(4)23-56-31/h25-35H,11-24H2,1-10H3,(H,43,54)(H,44,52)(H,45,51)(H,46,50)(H,47,49)/t26-,27-,29+,30+,31-,32?,33+,34+,35?/m1/s1. The van der Waals surface area contributed by atoms with E-state index < -0.39 is 96.3 Å². The maximum absolute atomic E-state index is 14.5. The fourth-order valence-electron chi connectivity index (χ4n) is 7.80. The smallest absolute Gasteiger partial charge is 0.407 e. The average molecular weight is 823 g/mol. The summed E-state index contributed by atoms with van der Waals surface area (Å²) in [5, 5.41) is 14.1. The van der Waals surface area contributed by atoms with Crippen molar-refractivity contribution >= 4 is 35.6 Å². The molecule has 16 heteroatoms. The lowest BCUT2D eigenvalue weighted by atomic mass is 9.83. The van der Waals surface area contributed by atoms with Crippen LogP contribution in [0.5, 0.6) is 0 Å². The highest BCUT2D eigenvalue weighted by Crippen LogP contribution is 2.28. The fraction of sp³-hybridized carbons (Fsp3) is 0.857. The molecule has 0 spiro atoms. The summed E-state index contributed by atoms with van der Waals surface area (Å²) in [6, 6.07) is -5.16. The lowest BCUT2D eigenvalue weighted by Gasteiger charge is -2.36. The molecule has 3 aliphatic rings. The van der Waals surface area contributed by atoms with Gasteiger partial charge in [-0.15, -0.1) is 0 Å². The molecule has 2 aliphatic heterocycles. The summed E-state index contributed by atoms with van der Waals surface area (Å²) < 4.78 is 23.0. The molecule has 0 aromatic rings. The lowest BCUT2D eigenvalue weighted by molar-refractivity contribution is -0.147. The summed E-state index contributed by atoms with van der Waals surface area (Å²) in [5.41, 5.74) is -0.837. The van der Waals surface area contributed by atoms with Crippen molar-refractivity contribution in [2.75, 3.05) is 33.9 Å². The minimum Gasteiger partial charge on any atom is -0.444 e. The van der Waals surface area contributed by atoms with E-state index >= 15 is 0 Å². The normalized spacial score (nSPS) is 29.6. The predicted molar refractivity (Wildman–Crippen MR) is 218 cm³/mol. The number of unbranched alkanes of at least 4 members (excludes halogenated alkanes) is 3. The Labute approximate surface area is 346 Å². The van der Waals surface area contributed by atoms with Crippen molar-refractivity contribution in [1.82, 2.24) is 31.5 Å². The van der Waals surface area contributed by atoms with Crippen LogP contribution in [-0.2, 0) is 42.9 Å². The van der Waals surface area contributed by atoms with E-state index in [-0.39, 0.29) is 24.3 Å². The Bertz CT molecular complexity index is 1360. The number of methoxy groups -OCH3 is 1. The van der Waals surface area contributed by atoms with E-state index in [1.165, 1.54) is 12.0 Å². The Balaban J connectivity index is 2.10. The van der Waals surface area contributed by atoms with Crippen molar-refractivity contribution in [3.05, 3.63) is 0 Å². The maximum atomic E-state index is 14.5. The molecule has 0 aromatic carbocycles. The molecule has 332 valence electrons. The van der Waals surface area contributed by atoms with Crippen LogP contribution in [0.4, 0.5) is 4.79 Å². The Kier molecular flexibility index (Phi) is 19.7. The molecule has 0 bridgehead atoms. The van der Waals surface area contributed by atoms with Gasteiger partial charge in [0.05, 0.1) is 31.8 Å². The summed E-state index contributed by atoms with van der Waals surface area (Å²) in [5.74, 6) is -3.53. The van der Waals surface area contributed by atoms with Gasteiger partial charge in [0.15, 0.2) is 0 Å². The van der Waals surface area contributed by atoms with Crippen LogP contribution in [0.3, 0.4) is 0 Å². The van der Waals surface area contributed by atoms with E-state index in [9.17, 15) is 28.8 Å². The first-order valence-corrected chi connectivity index (χ1v) is 21.6. The van der Waals surface area contributed by atoms with Gasteiger partial charge in [-0.25, -0.2) is 4.79 Å². The van der Waals surface area contributed by atoms with Gasteiger partial charge in [-0.05, 0) is 65.2 Å². The Morgan fingerprint density at radius 3 is 2.14 bits per heavy atom. The second-order valence-corrected chi connectivity index (χ2v) is 17.9. The average Bonchev–Trinajstić information content (AvgIpc) is 4.00. The first-order valence-electron chi connectivity index (χ1n) is 21.6. The molecule has 1 saturated carbocycles. The van der Waals surface area contributed by atoms with Crippen LogP contribution in [0.1, 0.15) is 126 Å². The third-order valence-electron chi connectivity index (χ3n) is 11.1. The Hall–Kier alpha value is -3.50. The molecule has 0 aromatic heterocycles. The number of amides is 6. The molecule has 58 heavy (non-hydrogen) atoms. The number of alkyl carbamates (subject to hydrolysis) is 1. The monoisotopic (exact) mass is 823 g/mol. The Morgan fingerprint density at radius 1 is 0.879 bits per heavy atom. The number of carbonyl (C=O) groups excluding carboxylic acids is 6. The first-order chi connectivity index (χ1) is 27.4. The minimum absolute atomic E-state index is 0.0346. The van der Waals surface area contributed by atoms with Gasteiger partial charge in [0.1, 0.15) is 42.0 Å². The molecule has 2 saturated heterocycles. The summed E-state index contributed by atoms with van der Waals surface area (Å²) in [6.45, 7) is 14.7. The Morgan fingerprint density at radius 2 is 1.55 bits per heavy atom. The van der Waals surface area contributed by atoms with Crippen LogP contribution in [0, 0.1) is 17.8 Å². The molecule has 2 heterocycles. The van der Waals surface area contributed by atoms with E-state index in [4.69, 9.17) is 18.9 Å². The predicted octanol–water partition coefficient (Wildman–Crippen LogP) is 3.34. The number of likely N-dealkylation sites (N-methyl/N-ethyl adjacent to an activating group) is 1. The molecule has 5 N–H and O–H groups in total. The zero-order chi connectivity index (χ0) is 43.2. The molecule has 6 amide bonds. The highest BCUT2D eigenvalue weighted by Gasteiger charge is 2.44. The van der Waals surface area contributed by atoms with E-state index in [1.54, 1.807) is 34.7 Å². The molecular formula is C42H74N6O10. The van der Waals surface area contributed by atoms with Gasteiger partial charge >= 0.3 is 6.09 Å². The topological polar surface area (TPSA) is 206 Å². The largest absolute Gasteiger partial charge is 0.444 e. The number of carbonyl (C=O) groups is 6. The van der Waals surface area contributed by atoms with Crippen LogP contribution in [0.15, 0.2) is 0 Å². The van der Waals surface area contributed by atoms with Crippen molar-refractivity contribution in [2.45, 2.75) is 180 Å². The van der Waals surface area contributed by atoms with Crippen LogP contribution < -0.4 is 26.6 Å². The van der Waals surface area contributed by atoms with Gasteiger partial charge in [0.25, 0.3) is 0 Å². The van der Waals surface area contributed by atoms with E-state index in [1.807, 2.05) is 20.8 Å². The van der Waals surface area contributed by atoms with Gasteiger partial charge in [0.2, 0.25) is 29.5 Å². The third kappa shape index (κ3) is 15.6. The van der Waals surface area contributed by atoms with Crippen molar-refractivity contribution in [1.29, 1.82) is 0 Å². The third-order valence-corrected chi connectivity index (χ3v) is 11.1. The van der Waals surface area contributed by atoms with Crippen molar-refractivity contribution in [3.8, 4) is 0 Å².